The van der Waals surface area contributed by atoms with Crippen LogP contribution < -0.4 is 10.2 Å². The van der Waals surface area contributed by atoms with Crippen molar-refractivity contribution < 1.29 is 5.11 Å². The van der Waals surface area contributed by atoms with E-state index < -0.39 is 0 Å². The summed E-state index contributed by atoms with van der Waals surface area (Å²) in [6.07, 6.45) is 3.03. The summed E-state index contributed by atoms with van der Waals surface area (Å²) in [7, 11) is 0. The minimum atomic E-state index is -0.167. The number of benzene rings is 1. The molecule has 0 spiro atoms. The number of hydrogen-bond acceptors (Lipinski definition) is 3. The van der Waals surface area contributed by atoms with Gasteiger partial charge in [0.15, 0.2) is 0 Å². The topological polar surface area (TPSA) is 35.5 Å². The fraction of sp³-hybridized carbons (Fsp3) is 0.625. The van der Waals surface area contributed by atoms with Crippen molar-refractivity contribution in [2.75, 3.05) is 24.5 Å². The van der Waals surface area contributed by atoms with Crippen LogP contribution in [-0.4, -0.2) is 30.8 Å². The number of hydrogen-bond donors (Lipinski definition) is 2. The molecule has 3 nitrogen and oxygen atoms in total. The van der Waals surface area contributed by atoms with E-state index in [1.165, 1.54) is 23.2 Å². The number of nitrogens with zero attached hydrogens (tertiary/aromatic N) is 1. The second kappa shape index (κ2) is 6.92. The lowest BCUT2D eigenvalue weighted by molar-refractivity contribution is 0.154. The Bertz CT molecular complexity index is 406. The third-order valence-electron chi connectivity index (χ3n) is 3.83. The first kappa shape index (κ1) is 14.4. The van der Waals surface area contributed by atoms with Gasteiger partial charge in [0, 0.05) is 25.3 Å². The minimum Gasteiger partial charge on any atom is -0.391 e. The van der Waals surface area contributed by atoms with Crippen LogP contribution in [0.5, 0.6) is 0 Å². The lowest BCUT2D eigenvalue weighted by Crippen LogP contribution is -2.38. The van der Waals surface area contributed by atoms with Gasteiger partial charge in [0.05, 0.1) is 6.10 Å². The number of rotatable bonds is 5. The maximum Gasteiger partial charge on any atom is 0.0715 e. The first-order chi connectivity index (χ1) is 9.20. The van der Waals surface area contributed by atoms with Crippen LogP contribution in [0.4, 0.5) is 5.69 Å². The van der Waals surface area contributed by atoms with Gasteiger partial charge in [0.1, 0.15) is 0 Å². The maximum absolute atomic E-state index is 9.76. The van der Waals surface area contributed by atoms with Gasteiger partial charge < -0.3 is 15.3 Å². The van der Waals surface area contributed by atoms with E-state index >= 15 is 0 Å². The van der Waals surface area contributed by atoms with Gasteiger partial charge in [0.25, 0.3) is 0 Å². The third kappa shape index (κ3) is 3.95. The molecule has 1 saturated heterocycles. The summed E-state index contributed by atoms with van der Waals surface area (Å²) >= 11 is 0. The average molecular weight is 262 g/mol. The van der Waals surface area contributed by atoms with Crippen molar-refractivity contribution in [2.45, 2.75) is 45.8 Å². The van der Waals surface area contributed by atoms with Crippen LogP contribution in [0.15, 0.2) is 18.2 Å². The Hall–Kier alpha value is -1.06. The summed E-state index contributed by atoms with van der Waals surface area (Å²) in [5.74, 6) is 0. The molecule has 19 heavy (non-hydrogen) atoms. The van der Waals surface area contributed by atoms with Gasteiger partial charge in [0.2, 0.25) is 0 Å². The SMILES string of the molecule is CCCNCc1ccc(N2CCCC(O)C2)cc1C. The average Bonchev–Trinajstić information content (AvgIpc) is 2.41. The Morgan fingerprint density at radius 3 is 2.95 bits per heavy atom. The summed E-state index contributed by atoms with van der Waals surface area (Å²) in [6.45, 7) is 8.20. The Morgan fingerprint density at radius 1 is 1.42 bits per heavy atom. The van der Waals surface area contributed by atoms with Gasteiger partial charge >= 0.3 is 0 Å². The zero-order valence-electron chi connectivity index (χ0n) is 12.2. The van der Waals surface area contributed by atoms with Gasteiger partial charge in [-0.2, -0.15) is 0 Å². The summed E-state index contributed by atoms with van der Waals surface area (Å²) in [5.41, 5.74) is 3.95. The second-order valence-electron chi connectivity index (χ2n) is 5.53. The van der Waals surface area contributed by atoms with Crippen LogP contribution >= 0.6 is 0 Å². The number of aliphatic hydroxyl groups excluding tert-OH is 1. The zero-order chi connectivity index (χ0) is 13.7. The molecule has 1 fully saturated rings. The molecule has 1 heterocycles. The van der Waals surface area contributed by atoms with Crippen molar-refractivity contribution in [3.63, 3.8) is 0 Å². The molecule has 1 aromatic rings. The van der Waals surface area contributed by atoms with Crippen molar-refractivity contribution in [1.29, 1.82) is 0 Å². The molecule has 1 atom stereocenters. The van der Waals surface area contributed by atoms with E-state index in [1.54, 1.807) is 0 Å². The van der Waals surface area contributed by atoms with Crippen LogP contribution in [0, 0.1) is 6.92 Å². The molecule has 1 aromatic carbocycles. The molecule has 0 radical (unpaired) electrons. The molecule has 0 amide bonds. The van der Waals surface area contributed by atoms with Crippen molar-refractivity contribution in [2.24, 2.45) is 0 Å². The number of β-amino-alcohol motifs (C(OH)–C–C–N with tert-alkyl or cyclic N) is 1. The van der Waals surface area contributed by atoms with Crippen LogP contribution in [0.1, 0.15) is 37.3 Å². The quantitative estimate of drug-likeness (QED) is 0.800. The highest BCUT2D eigenvalue weighted by Gasteiger charge is 2.18. The molecule has 3 heteroatoms. The number of nitrogens with one attached hydrogen (secondary N) is 1. The number of aryl methyl sites for hydroxylation is 1. The van der Waals surface area contributed by atoms with Gasteiger partial charge in [-0.05, 0) is 56.0 Å². The smallest absolute Gasteiger partial charge is 0.0715 e. The summed E-state index contributed by atoms with van der Waals surface area (Å²) in [4.78, 5) is 2.30. The second-order valence-corrected chi connectivity index (χ2v) is 5.53. The lowest BCUT2D eigenvalue weighted by atomic mass is 10.0. The van der Waals surface area contributed by atoms with Crippen LogP contribution in [0.25, 0.3) is 0 Å². The predicted octanol–water partition coefficient (Wildman–Crippen LogP) is 2.46. The standard InChI is InChI=1S/C16H26N2O/c1-3-8-17-11-14-6-7-15(10-13(14)2)18-9-4-5-16(19)12-18/h6-7,10,16-17,19H,3-5,8-9,11-12H2,1-2H3. The zero-order valence-corrected chi connectivity index (χ0v) is 12.2. The van der Waals surface area contributed by atoms with Crippen molar-refractivity contribution in [1.82, 2.24) is 5.32 Å². The molecule has 1 aliphatic rings. The van der Waals surface area contributed by atoms with Gasteiger partial charge in [-0.15, -0.1) is 0 Å². The fourth-order valence-electron chi connectivity index (χ4n) is 2.66. The van der Waals surface area contributed by atoms with Crippen molar-refractivity contribution in [3.05, 3.63) is 29.3 Å². The highest BCUT2D eigenvalue weighted by Crippen LogP contribution is 2.23. The normalized spacial score (nSPS) is 19.7. The van der Waals surface area contributed by atoms with E-state index in [-0.39, 0.29) is 6.10 Å². The van der Waals surface area contributed by atoms with E-state index in [0.717, 1.165) is 39.0 Å². The van der Waals surface area contributed by atoms with E-state index in [0.29, 0.717) is 0 Å². The van der Waals surface area contributed by atoms with Crippen molar-refractivity contribution in [3.8, 4) is 0 Å². The third-order valence-corrected chi connectivity index (χ3v) is 3.83. The molecule has 0 aliphatic carbocycles. The van der Waals surface area contributed by atoms with E-state index in [2.05, 4.69) is 42.3 Å². The predicted molar refractivity (Wildman–Crippen MR) is 80.6 cm³/mol. The maximum atomic E-state index is 9.76. The first-order valence-electron chi connectivity index (χ1n) is 7.44. The Balaban J connectivity index is 2.01. The molecule has 2 rings (SSSR count). The molecule has 0 aromatic heterocycles. The molecular weight excluding hydrogens is 236 g/mol. The molecule has 106 valence electrons. The number of aliphatic hydroxyl groups is 1. The minimum absolute atomic E-state index is 0.167. The summed E-state index contributed by atoms with van der Waals surface area (Å²) in [6, 6.07) is 6.66. The molecule has 1 unspecified atom stereocenters. The molecule has 1 aliphatic heterocycles. The lowest BCUT2D eigenvalue weighted by Gasteiger charge is -2.32. The summed E-state index contributed by atoms with van der Waals surface area (Å²) < 4.78 is 0. The Kier molecular flexibility index (Phi) is 5.23. The molecular formula is C16H26N2O. The Morgan fingerprint density at radius 2 is 2.26 bits per heavy atom. The van der Waals surface area contributed by atoms with E-state index in [4.69, 9.17) is 0 Å². The van der Waals surface area contributed by atoms with Gasteiger partial charge in [-0.3, -0.25) is 0 Å². The molecule has 0 bridgehead atoms. The largest absolute Gasteiger partial charge is 0.391 e. The highest BCUT2D eigenvalue weighted by molar-refractivity contribution is 5.51. The van der Waals surface area contributed by atoms with Crippen LogP contribution in [0.2, 0.25) is 0 Å². The summed E-state index contributed by atoms with van der Waals surface area (Å²) in [5, 5.41) is 13.2. The Labute approximate surface area is 116 Å². The molecule has 2 N–H and O–H groups in total. The monoisotopic (exact) mass is 262 g/mol. The number of piperidine rings is 1. The van der Waals surface area contributed by atoms with E-state index in [9.17, 15) is 5.11 Å². The van der Waals surface area contributed by atoms with Gasteiger partial charge in [-0.25, -0.2) is 0 Å². The van der Waals surface area contributed by atoms with Crippen molar-refractivity contribution >= 4 is 5.69 Å². The number of anilines is 1. The fourth-order valence-corrected chi connectivity index (χ4v) is 2.66. The van der Waals surface area contributed by atoms with E-state index in [1.807, 2.05) is 0 Å². The first-order valence-corrected chi connectivity index (χ1v) is 7.44. The molecule has 0 saturated carbocycles. The van der Waals surface area contributed by atoms with Crippen LogP contribution in [0.3, 0.4) is 0 Å². The highest BCUT2D eigenvalue weighted by atomic mass is 16.3. The van der Waals surface area contributed by atoms with Crippen LogP contribution in [-0.2, 0) is 6.54 Å². The van der Waals surface area contributed by atoms with Gasteiger partial charge in [-0.1, -0.05) is 13.0 Å².